The van der Waals surface area contributed by atoms with E-state index in [4.69, 9.17) is 4.42 Å². The lowest BCUT2D eigenvalue weighted by Gasteiger charge is -2.29. The number of rotatable bonds is 2. The minimum Gasteiger partial charge on any atom is -0.455 e. The summed E-state index contributed by atoms with van der Waals surface area (Å²) < 4.78 is 7.30. The summed E-state index contributed by atoms with van der Waals surface area (Å²) in [6.07, 6.45) is 0. The Morgan fingerprint density at radius 1 is 0.559 bits per heavy atom. The quantitative estimate of drug-likeness (QED) is 0.258. The Labute approximate surface area is 205 Å². The van der Waals surface area contributed by atoms with Gasteiger partial charge in [0.2, 0.25) is 0 Å². The van der Waals surface area contributed by atoms with Gasteiger partial charge in [0.15, 0.2) is 0 Å². The molecule has 0 amide bonds. The molecule has 5 aromatic carbocycles. The summed E-state index contributed by atoms with van der Waals surface area (Å²) in [4.78, 5) is 0. The Bertz CT molecular complexity index is 1750. The largest absolute Gasteiger partial charge is 0.455 e. The van der Waals surface area contributed by atoms with Crippen LogP contribution >= 0.6 is 15.9 Å². The molecule has 0 spiro atoms. The Hall–Kier alpha value is -3.66. The summed E-state index contributed by atoms with van der Waals surface area (Å²) in [6.45, 7) is 0. The second-order valence-electron chi connectivity index (χ2n) is 8.77. The molecule has 7 rings (SSSR count). The first kappa shape index (κ1) is 19.8. The maximum Gasteiger partial charge on any atom is 0.143 e. The molecule has 0 fully saturated rings. The minimum atomic E-state index is -1.29. The molecular formula is C31H19BrO2. The molecule has 1 N–H and O–H groups in total. The van der Waals surface area contributed by atoms with Crippen LogP contribution < -0.4 is 0 Å². The van der Waals surface area contributed by atoms with Crippen LogP contribution in [0.4, 0.5) is 0 Å². The van der Waals surface area contributed by atoms with Crippen LogP contribution in [0, 0.1) is 0 Å². The van der Waals surface area contributed by atoms with Gasteiger partial charge >= 0.3 is 0 Å². The van der Waals surface area contributed by atoms with Crippen LogP contribution in [0.1, 0.15) is 16.7 Å². The van der Waals surface area contributed by atoms with Gasteiger partial charge in [-0.1, -0.05) is 107 Å². The topological polar surface area (TPSA) is 33.4 Å². The highest BCUT2D eigenvalue weighted by Gasteiger charge is 2.44. The van der Waals surface area contributed by atoms with Gasteiger partial charge in [-0.15, -0.1) is 0 Å². The van der Waals surface area contributed by atoms with Gasteiger partial charge in [-0.05, 0) is 34.9 Å². The molecule has 1 aliphatic rings. The van der Waals surface area contributed by atoms with E-state index in [2.05, 4.69) is 58.4 Å². The maximum atomic E-state index is 12.6. The number of fused-ring (bicyclic) bond motifs is 6. The van der Waals surface area contributed by atoms with Crippen molar-refractivity contribution in [3.8, 4) is 22.3 Å². The molecular weight excluding hydrogens is 484 g/mol. The fourth-order valence-corrected chi connectivity index (χ4v) is 5.87. The lowest BCUT2D eigenvalue weighted by atomic mass is 9.80. The van der Waals surface area contributed by atoms with Crippen molar-refractivity contribution in [2.45, 2.75) is 5.60 Å². The van der Waals surface area contributed by atoms with E-state index in [0.717, 1.165) is 65.4 Å². The molecule has 0 bridgehead atoms. The van der Waals surface area contributed by atoms with Gasteiger partial charge in [0, 0.05) is 37.5 Å². The lowest BCUT2D eigenvalue weighted by Crippen LogP contribution is -2.27. The molecule has 1 heterocycles. The second-order valence-corrected chi connectivity index (χ2v) is 9.69. The SMILES string of the molecule is OC1(c2ccccc2-c2cccc3c2oc2ccccc23)c2ccccc2-c2ccc(Br)cc21. The first-order chi connectivity index (χ1) is 16.7. The average molecular weight is 503 g/mol. The zero-order valence-corrected chi connectivity index (χ0v) is 19.7. The van der Waals surface area contributed by atoms with Crippen molar-refractivity contribution in [3.05, 3.63) is 130 Å². The van der Waals surface area contributed by atoms with Crippen molar-refractivity contribution in [3.63, 3.8) is 0 Å². The zero-order chi connectivity index (χ0) is 22.9. The van der Waals surface area contributed by atoms with Crippen molar-refractivity contribution in [1.29, 1.82) is 0 Å². The number of para-hydroxylation sites is 2. The number of benzene rings is 5. The van der Waals surface area contributed by atoms with Crippen LogP contribution in [0.2, 0.25) is 0 Å². The van der Waals surface area contributed by atoms with Gasteiger partial charge < -0.3 is 9.52 Å². The molecule has 34 heavy (non-hydrogen) atoms. The van der Waals surface area contributed by atoms with Crippen molar-refractivity contribution in [2.24, 2.45) is 0 Å². The van der Waals surface area contributed by atoms with Gasteiger partial charge in [0.25, 0.3) is 0 Å². The highest BCUT2D eigenvalue weighted by Crippen LogP contribution is 2.53. The third-order valence-corrected chi connectivity index (χ3v) is 7.48. The fraction of sp³-hybridized carbons (Fsp3) is 0.0323. The summed E-state index contributed by atoms with van der Waals surface area (Å²) in [5.41, 5.74) is 7.06. The van der Waals surface area contributed by atoms with Crippen LogP contribution in [0.5, 0.6) is 0 Å². The standard InChI is InChI=1S/C31H19BrO2/c32-19-16-17-22-20-8-1-4-13-26(20)31(33,28(22)18-19)27-14-5-2-9-21(27)24-11-7-12-25-23-10-3-6-15-29(23)34-30(24)25/h1-18,33H. The molecule has 1 aliphatic carbocycles. The number of aliphatic hydroxyl groups is 1. The van der Waals surface area contributed by atoms with Crippen molar-refractivity contribution in [1.82, 2.24) is 0 Å². The van der Waals surface area contributed by atoms with E-state index in [1.807, 2.05) is 66.7 Å². The first-order valence-electron chi connectivity index (χ1n) is 11.3. The third kappa shape index (κ3) is 2.60. The zero-order valence-electron chi connectivity index (χ0n) is 18.1. The van der Waals surface area contributed by atoms with Gasteiger partial charge in [0.05, 0.1) is 0 Å². The predicted octanol–water partition coefficient (Wildman–Crippen LogP) is 8.28. The highest BCUT2D eigenvalue weighted by atomic mass is 79.9. The van der Waals surface area contributed by atoms with Crippen molar-refractivity contribution < 1.29 is 9.52 Å². The molecule has 1 aromatic heterocycles. The molecule has 1 atom stereocenters. The minimum absolute atomic E-state index is 0.834. The number of halogens is 1. The lowest BCUT2D eigenvalue weighted by molar-refractivity contribution is 0.131. The summed E-state index contributed by atoms with van der Waals surface area (Å²) >= 11 is 3.62. The van der Waals surface area contributed by atoms with Gasteiger partial charge in [-0.2, -0.15) is 0 Å². The van der Waals surface area contributed by atoms with E-state index in [1.54, 1.807) is 0 Å². The third-order valence-electron chi connectivity index (χ3n) is 6.99. The highest BCUT2D eigenvalue weighted by molar-refractivity contribution is 9.10. The van der Waals surface area contributed by atoms with Gasteiger partial charge in [-0.25, -0.2) is 0 Å². The van der Waals surface area contributed by atoms with E-state index >= 15 is 0 Å². The van der Waals surface area contributed by atoms with E-state index in [-0.39, 0.29) is 0 Å². The number of furan rings is 1. The van der Waals surface area contributed by atoms with Crippen LogP contribution in [-0.4, -0.2) is 5.11 Å². The molecule has 2 nitrogen and oxygen atoms in total. The monoisotopic (exact) mass is 502 g/mol. The average Bonchev–Trinajstić information content (AvgIpc) is 3.38. The summed E-state index contributed by atoms with van der Waals surface area (Å²) in [5.74, 6) is 0. The molecule has 3 heteroatoms. The Morgan fingerprint density at radius 2 is 1.15 bits per heavy atom. The van der Waals surface area contributed by atoms with E-state index in [0.29, 0.717) is 0 Å². The summed E-state index contributed by atoms with van der Waals surface area (Å²) in [5, 5.41) is 14.8. The van der Waals surface area contributed by atoms with Crippen LogP contribution in [-0.2, 0) is 5.60 Å². The maximum absolute atomic E-state index is 12.6. The van der Waals surface area contributed by atoms with Crippen LogP contribution in [0.25, 0.3) is 44.2 Å². The number of hydrogen-bond acceptors (Lipinski definition) is 2. The molecule has 6 aromatic rings. The van der Waals surface area contributed by atoms with E-state index in [9.17, 15) is 5.11 Å². The van der Waals surface area contributed by atoms with E-state index in [1.165, 1.54) is 0 Å². The van der Waals surface area contributed by atoms with Crippen LogP contribution in [0.15, 0.2) is 118 Å². The smallest absolute Gasteiger partial charge is 0.143 e. The molecule has 0 saturated heterocycles. The summed E-state index contributed by atoms with van der Waals surface area (Å²) in [6, 6.07) is 36.8. The first-order valence-corrected chi connectivity index (χ1v) is 12.1. The predicted molar refractivity (Wildman–Crippen MR) is 141 cm³/mol. The van der Waals surface area contributed by atoms with Crippen molar-refractivity contribution >= 4 is 37.9 Å². The van der Waals surface area contributed by atoms with Crippen molar-refractivity contribution in [2.75, 3.05) is 0 Å². The Kier molecular flexibility index (Phi) is 4.17. The summed E-state index contributed by atoms with van der Waals surface area (Å²) in [7, 11) is 0. The van der Waals surface area contributed by atoms with Gasteiger partial charge in [-0.3, -0.25) is 0 Å². The molecule has 0 saturated carbocycles. The van der Waals surface area contributed by atoms with Gasteiger partial charge in [0.1, 0.15) is 16.8 Å². The normalized spacial score (nSPS) is 16.6. The second kappa shape index (κ2) is 7.17. The molecule has 0 radical (unpaired) electrons. The molecule has 0 aliphatic heterocycles. The Balaban J connectivity index is 1.56. The molecule has 162 valence electrons. The molecule has 1 unspecified atom stereocenters. The Morgan fingerprint density at radius 3 is 1.94 bits per heavy atom. The fourth-order valence-electron chi connectivity index (χ4n) is 5.51. The van der Waals surface area contributed by atoms with Crippen LogP contribution in [0.3, 0.4) is 0 Å². The van der Waals surface area contributed by atoms with E-state index < -0.39 is 5.60 Å². The number of hydrogen-bond donors (Lipinski definition) is 1.